The summed E-state index contributed by atoms with van der Waals surface area (Å²) >= 11 is 0. The minimum atomic E-state index is 0.119. The van der Waals surface area contributed by atoms with Crippen molar-refractivity contribution in [3.8, 4) is 5.75 Å². The highest BCUT2D eigenvalue weighted by molar-refractivity contribution is 6.00. The average Bonchev–Trinajstić information content (AvgIpc) is 2.48. The first kappa shape index (κ1) is 14.0. The van der Waals surface area contributed by atoms with Crippen molar-refractivity contribution in [1.82, 2.24) is 5.32 Å². The highest BCUT2D eigenvalue weighted by Crippen LogP contribution is 2.25. The summed E-state index contributed by atoms with van der Waals surface area (Å²) < 4.78 is 10.6. The first-order chi connectivity index (χ1) is 9.33. The molecule has 1 aliphatic heterocycles. The summed E-state index contributed by atoms with van der Waals surface area (Å²) in [5.74, 6) is 0.992. The zero-order chi connectivity index (χ0) is 13.5. The number of nitrogens with one attached hydrogen (secondary N) is 1. The molecular weight excluding hydrogens is 242 g/mol. The van der Waals surface area contributed by atoms with Crippen LogP contribution in [0.2, 0.25) is 0 Å². The minimum Gasteiger partial charge on any atom is -0.490 e. The molecule has 0 bridgehead atoms. The number of para-hydroxylation sites is 1. The molecule has 0 atom stereocenters. The van der Waals surface area contributed by atoms with Gasteiger partial charge in [-0.2, -0.15) is 0 Å². The first-order valence-corrected chi connectivity index (χ1v) is 6.78. The van der Waals surface area contributed by atoms with Crippen LogP contribution in [0.15, 0.2) is 24.3 Å². The van der Waals surface area contributed by atoms with Crippen LogP contribution in [0.25, 0.3) is 0 Å². The number of carbonyl (C=O) groups excluding carboxylic acids is 1. The minimum absolute atomic E-state index is 0.119. The number of Topliss-reactive ketones (excluding diaryl/α,β-unsaturated/α-hetero) is 1. The third kappa shape index (κ3) is 3.78. The van der Waals surface area contributed by atoms with Crippen molar-refractivity contribution in [2.24, 2.45) is 5.92 Å². The van der Waals surface area contributed by atoms with Gasteiger partial charge in [0.1, 0.15) is 12.4 Å². The van der Waals surface area contributed by atoms with Gasteiger partial charge in [0.15, 0.2) is 5.78 Å². The quantitative estimate of drug-likeness (QED) is 0.629. The van der Waals surface area contributed by atoms with Crippen LogP contribution in [0.4, 0.5) is 0 Å². The van der Waals surface area contributed by atoms with E-state index in [0.29, 0.717) is 24.5 Å². The van der Waals surface area contributed by atoms with Gasteiger partial charge in [0.2, 0.25) is 0 Å². The summed E-state index contributed by atoms with van der Waals surface area (Å²) in [7, 11) is 1.63. The van der Waals surface area contributed by atoms with Crippen molar-refractivity contribution < 1.29 is 14.3 Å². The Hall–Kier alpha value is -1.39. The SMILES string of the molecule is COCCOc1ccccc1C(=O)C1CCNCC1. The molecule has 0 aliphatic carbocycles. The topological polar surface area (TPSA) is 47.6 Å². The molecule has 1 fully saturated rings. The maximum absolute atomic E-state index is 12.5. The van der Waals surface area contributed by atoms with Crippen LogP contribution in [-0.4, -0.2) is 39.2 Å². The highest BCUT2D eigenvalue weighted by atomic mass is 16.5. The lowest BCUT2D eigenvalue weighted by Crippen LogP contribution is -2.32. The van der Waals surface area contributed by atoms with Gasteiger partial charge in [0.05, 0.1) is 12.2 Å². The standard InChI is InChI=1S/C15H21NO3/c1-18-10-11-19-14-5-3-2-4-13(14)15(17)12-6-8-16-9-7-12/h2-5,12,16H,6-11H2,1H3. The lowest BCUT2D eigenvalue weighted by Gasteiger charge is -2.22. The van der Waals surface area contributed by atoms with Gasteiger partial charge in [-0.25, -0.2) is 0 Å². The lowest BCUT2D eigenvalue weighted by molar-refractivity contribution is 0.0887. The van der Waals surface area contributed by atoms with E-state index in [-0.39, 0.29) is 11.7 Å². The first-order valence-electron chi connectivity index (χ1n) is 6.78. The number of ether oxygens (including phenoxy) is 2. The van der Waals surface area contributed by atoms with Crippen molar-refractivity contribution >= 4 is 5.78 Å². The zero-order valence-corrected chi connectivity index (χ0v) is 11.4. The number of methoxy groups -OCH3 is 1. The third-order valence-electron chi connectivity index (χ3n) is 3.41. The second-order valence-corrected chi connectivity index (χ2v) is 4.73. The van der Waals surface area contributed by atoms with Crippen LogP contribution in [-0.2, 0) is 4.74 Å². The Morgan fingerprint density at radius 2 is 2.00 bits per heavy atom. The fourth-order valence-corrected chi connectivity index (χ4v) is 2.34. The molecule has 0 unspecified atom stereocenters. The summed E-state index contributed by atoms with van der Waals surface area (Å²) in [6, 6.07) is 7.48. The normalized spacial score (nSPS) is 16.3. The van der Waals surface area contributed by atoms with Crippen LogP contribution in [0, 0.1) is 5.92 Å². The maximum atomic E-state index is 12.5. The molecule has 0 amide bonds. The number of carbonyl (C=O) groups is 1. The summed E-state index contributed by atoms with van der Waals surface area (Å²) in [5.41, 5.74) is 0.700. The molecule has 4 heteroatoms. The fourth-order valence-electron chi connectivity index (χ4n) is 2.34. The Morgan fingerprint density at radius 1 is 1.26 bits per heavy atom. The molecule has 0 radical (unpaired) electrons. The van der Waals surface area contributed by atoms with E-state index in [1.165, 1.54) is 0 Å². The van der Waals surface area contributed by atoms with Gasteiger partial charge in [-0.15, -0.1) is 0 Å². The number of rotatable bonds is 6. The predicted molar refractivity (Wildman–Crippen MR) is 73.7 cm³/mol. The van der Waals surface area contributed by atoms with E-state index in [1.54, 1.807) is 7.11 Å². The van der Waals surface area contributed by atoms with Crippen LogP contribution in [0.3, 0.4) is 0 Å². The van der Waals surface area contributed by atoms with Crippen molar-refractivity contribution in [3.05, 3.63) is 29.8 Å². The van der Waals surface area contributed by atoms with Gasteiger partial charge in [-0.1, -0.05) is 12.1 Å². The molecule has 0 aromatic heterocycles. The van der Waals surface area contributed by atoms with Gasteiger partial charge in [-0.3, -0.25) is 4.79 Å². The van der Waals surface area contributed by atoms with E-state index in [1.807, 2.05) is 24.3 Å². The number of piperidine rings is 1. The van der Waals surface area contributed by atoms with Crippen molar-refractivity contribution in [2.45, 2.75) is 12.8 Å². The van der Waals surface area contributed by atoms with Crippen LogP contribution in [0.1, 0.15) is 23.2 Å². The van der Waals surface area contributed by atoms with Crippen molar-refractivity contribution in [1.29, 1.82) is 0 Å². The number of benzene rings is 1. The summed E-state index contributed by atoms with van der Waals surface area (Å²) in [4.78, 5) is 12.5. The Bertz CT molecular complexity index is 414. The summed E-state index contributed by atoms with van der Waals surface area (Å²) in [6.07, 6.45) is 1.82. The zero-order valence-electron chi connectivity index (χ0n) is 11.4. The molecule has 2 rings (SSSR count). The second kappa shape index (κ2) is 7.26. The van der Waals surface area contributed by atoms with E-state index < -0.39 is 0 Å². The Kier molecular flexibility index (Phi) is 5.36. The molecule has 1 N–H and O–H groups in total. The molecule has 4 nitrogen and oxygen atoms in total. The molecule has 104 valence electrons. The van der Waals surface area contributed by atoms with Gasteiger partial charge in [0.25, 0.3) is 0 Å². The van der Waals surface area contributed by atoms with Crippen LogP contribution < -0.4 is 10.1 Å². The molecule has 1 aromatic rings. The summed E-state index contributed by atoms with van der Waals surface area (Å²) in [6.45, 7) is 2.83. The summed E-state index contributed by atoms with van der Waals surface area (Å²) in [5, 5.41) is 3.28. The predicted octanol–water partition coefficient (Wildman–Crippen LogP) is 1.89. The van der Waals surface area contributed by atoms with Gasteiger partial charge >= 0.3 is 0 Å². The van der Waals surface area contributed by atoms with Gasteiger partial charge in [0, 0.05) is 13.0 Å². The second-order valence-electron chi connectivity index (χ2n) is 4.73. The van der Waals surface area contributed by atoms with E-state index in [2.05, 4.69) is 5.32 Å². The Morgan fingerprint density at radius 3 is 2.74 bits per heavy atom. The maximum Gasteiger partial charge on any atom is 0.169 e. The molecular formula is C15H21NO3. The number of hydrogen-bond donors (Lipinski definition) is 1. The largest absolute Gasteiger partial charge is 0.490 e. The van der Waals surface area contributed by atoms with Gasteiger partial charge < -0.3 is 14.8 Å². The Labute approximate surface area is 114 Å². The monoisotopic (exact) mass is 263 g/mol. The smallest absolute Gasteiger partial charge is 0.169 e. The highest BCUT2D eigenvalue weighted by Gasteiger charge is 2.24. The fraction of sp³-hybridized carbons (Fsp3) is 0.533. The van der Waals surface area contributed by atoms with E-state index in [9.17, 15) is 4.79 Å². The Balaban J connectivity index is 2.07. The molecule has 19 heavy (non-hydrogen) atoms. The lowest BCUT2D eigenvalue weighted by atomic mass is 9.89. The molecule has 1 saturated heterocycles. The number of hydrogen-bond acceptors (Lipinski definition) is 4. The number of ketones is 1. The van der Waals surface area contributed by atoms with E-state index >= 15 is 0 Å². The molecule has 1 aliphatic rings. The average molecular weight is 263 g/mol. The van der Waals surface area contributed by atoms with E-state index in [0.717, 1.165) is 25.9 Å². The molecule has 1 heterocycles. The van der Waals surface area contributed by atoms with Crippen LogP contribution in [0.5, 0.6) is 5.75 Å². The molecule has 0 spiro atoms. The van der Waals surface area contributed by atoms with Crippen molar-refractivity contribution in [3.63, 3.8) is 0 Å². The molecule has 0 saturated carbocycles. The van der Waals surface area contributed by atoms with Crippen molar-refractivity contribution in [2.75, 3.05) is 33.4 Å². The third-order valence-corrected chi connectivity index (χ3v) is 3.41. The molecule has 1 aromatic carbocycles. The van der Waals surface area contributed by atoms with Crippen LogP contribution >= 0.6 is 0 Å². The van der Waals surface area contributed by atoms with E-state index in [4.69, 9.17) is 9.47 Å². The van der Waals surface area contributed by atoms with Gasteiger partial charge in [-0.05, 0) is 38.1 Å².